The van der Waals surface area contributed by atoms with Gasteiger partial charge in [-0.15, -0.1) is 10.2 Å². The summed E-state index contributed by atoms with van der Waals surface area (Å²) in [5, 5.41) is 12.9. The van der Waals surface area contributed by atoms with Gasteiger partial charge in [0.05, 0.1) is 0 Å². The molecule has 0 aromatic carbocycles. The van der Waals surface area contributed by atoms with Gasteiger partial charge in [-0.1, -0.05) is 11.3 Å². The Morgan fingerprint density at radius 3 is 2.64 bits per heavy atom. The molecule has 1 aromatic heterocycles. The lowest BCUT2D eigenvalue weighted by molar-refractivity contribution is 0.0546. The van der Waals surface area contributed by atoms with Crippen molar-refractivity contribution in [1.82, 2.24) is 15.5 Å². The van der Waals surface area contributed by atoms with Crippen molar-refractivity contribution in [2.45, 2.75) is 32.3 Å². The van der Waals surface area contributed by atoms with Crippen LogP contribution in [0.3, 0.4) is 0 Å². The molecule has 1 aliphatic heterocycles. The number of ether oxygens (including phenoxy) is 1. The van der Waals surface area contributed by atoms with Crippen LogP contribution in [0.2, 0.25) is 0 Å². The highest BCUT2D eigenvalue weighted by molar-refractivity contribution is 7.12. The summed E-state index contributed by atoms with van der Waals surface area (Å²) in [4.78, 5) is 0. The number of rotatable bonds is 2. The van der Waals surface area contributed by atoms with E-state index in [-0.39, 0.29) is 5.60 Å². The van der Waals surface area contributed by atoms with E-state index >= 15 is 0 Å². The summed E-state index contributed by atoms with van der Waals surface area (Å²) in [6.07, 6.45) is 2.07. The van der Waals surface area contributed by atoms with Crippen LogP contribution in [0.5, 0.6) is 5.19 Å². The Balaban J connectivity index is 2.01. The first-order valence-corrected chi connectivity index (χ1v) is 5.69. The number of aryl methyl sites for hydroxylation is 1. The fourth-order valence-electron chi connectivity index (χ4n) is 1.59. The third-order valence-corrected chi connectivity index (χ3v) is 3.22. The molecule has 5 heteroatoms. The number of nitrogens with zero attached hydrogens (tertiary/aromatic N) is 2. The Labute approximate surface area is 87.7 Å². The Morgan fingerprint density at radius 2 is 2.07 bits per heavy atom. The molecule has 0 aliphatic carbocycles. The van der Waals surface area contributed by atoms with Crippen LogP contribution in [0.15, 0.2) is 0 Å². The lowest BCUT2D eigenvalue weighted by Gasteiger charge is -2.33. The second-order valence-electron chi connectivity index (χ2n) is 3.89. The third kappa shape index (κ3) is 2.22. The fourth-order valence-corrected chi connectivity index (χ4v) is 2.25. The van der Waals surface area contributed by atoms with Crippen molar-refractivity contribution >= 4 is 11.3 Å². The summed E-state index contributed by atoms with van der Waals surface area (Å²) in [5.41, 5.74) is -0.0583. The molecule has 1 saturated heterocycles. The summed E-state index contributed by atoms with van der Waals surface area (Å²) in [6, 6.07) is 0. The van der Waals surface area contributed by atoms with Crippen molar-refractivity contribution in [2.24, 2.45) is 0 Å². The zero-order chi connectivity index (χ0) is 10.0. The maximum atomic E-state index is 5.87. The van der Waals surface area contributed by atoms with Gasteiger partial charge >= 0.3 is 0 Å². The van der Waals surface area contributed by atoms with E-state index in [1.165, 1.54) is 11.3 Å². The van der Waals surface area contributed by atoms with Crippen molar-refractivity contribution in [3.8, 4) is 5.19 Å². The highest BCUT2D eigenvalue weighted by atomic mass is 32.1. The molecule has 0 amide bonds. The Kier molecular flexibility index (Phi) is 2.69. The molecule has 0 saturated carbocycles. The quantitative estimate of drug-likeness (QED) is 0.806. The van der Waals surface area contributed by atoms with Gasteiger partial charge in [-0.05, 0) is 39.8 Å². The highest BCUT2D eigenvalue weighted by Crippen LogP contribution is 2.27. The number of hydrogen-bond acceptors (Lipinski definition) is 5. The van der Waals surface area contributed by atoms with Gasteiger partial charge in [0.2, 0.25) is 0 Å². The summed E-state index contributed by atoms with van der Waals surface area (Å²) >= 11 is 1.52. The summed E-state index contributed by atoms with van der Waals surface area (Å²) in [7, 11) is 0. The monoisotopic (exact) mass is 213 g/mol. The molecular weight excluding hydrogens is 198 g/mol. The van der Waals surface area contributed by atoms with E-state index in [9.17, 15) is 0 Å². The van der Waals surface area contributed by atoms with Gasteiger partial charge in [0.1, 0.15) is 10.6 Å². The Hall–Kier alpha value is -0.680. The van der Waals surface area contributed by atoms with E-state index in [1.807, 2.05) is 6.92 Å². The second-order valence-corrected chi connectivity index (χ2v) is 5.03. The van der Waals surface area contributed by atoms with E-state index in [1.54, 1.807) is 0 Å². The third-order valence-electron chi connectivity index (χ3n) is 2.50. The molecule has 14 heavy (non-hydrogen) atoms. The molecular formula is C9H15N3OS. The molecule has 0 atom stereocenters. The van der Waals surface area contributed by atoms with Crippen LogP contribution in [0, 0.1) is 6.92 Å². The smallest absolute Gasteiger partial charge is 0.294 e. The predicted molar refractivity (Wildman–Crippen MR) is 55.8 cm³/mol. The van der Waals surface area contributed by atoms with Crippen LogP contribution in [0.1, 0.15) is 24.8 Å². The molecule has 1 N–H and O–H groups in total. The van der Waals surface area contributed by atoms with Crippen LogP contribution in [-0.2, 0) is 0 Å². The zero-order valence-electron chi connectivity index (χ0n) is 8.54. The van der Waals surface area contributed by atoms with Crippen LogP contribution >= 0.6 is 11.3 Å². The SMILES string of the molecule is Cc1nnc(OC2(C)CCNCC2)s1. The molecule has 1 fully saturated rings. The number of piperidine rings is 1. The molecule has 1 aliphatic rings. The number of hydrogen-bond donors (Lipinski definition) is 1. The van der Waals surface area contributed by atoms with E-state index < -0.39 is 0 Å². The maximum absolute atomic E-state index is 5.87. The molecule has 2 heterocycles. The van der Waals surface area contributed by atoms with Crippen molar-refractivity contribution < 1.29 is 4.74 Å². The van der Waals surface area contributed by atoms with E-state index in [0.29, 0.717) is 5.19 Å². The van der Waals surface area contributed by atoms with E-state index in [4.69, 9.17) is 4.74 Å². The van der Waals surface area contributed by atoms with Crippen molar-refractivity contribution in [3.05, 3.63) is 5.01 Å². The topological polar surface area (TPSA) is 47.0 Å². The van der Waals surface area contributed by atoms with Gasteiger partial charge in [-0.3, -0.25) is 0 Å². The van der Waals surface area contributed by atoms with Crippen molar-refractivity contribution in [3.63, 3.8) is 0 Å². The first-order chi connectivity index (χ1) is 6.68. The van der Waals surface area contributed by atoms with Gasteiger partial charge < -0.3 is 10.1 Å². The van der Waals surface area contributed by atoms with Crippen LogP contribution < -0.4 is 10.1 Å². The first-order valence-electron chi connectivity index (χ1n) is 4.88. The van der Waals surface area contributed by atoms with Crippen LogP contribution in [-0.4, -0.2) is 28.9 Å². The second kappa shape index (κ2) is 3.82. The van der Waals surface area contributed by atoms with Crippen LogP contribution in [0.25, 0.3) is 0 Å². The minimum Gasteiger partial charge on any atom is -0.463 e. The number of nitrogens with one attached hydrogen (secondary N) is 1. The molecule has 4 nitrogen and oxygen atoms in total. The first kappa shape index (κ1) is 9.86. The predicted octanol–water partition coefficient (Wildman–Crippen LogP) is 1.37. The van der Waals surface area contributed by atoms with Gasteiger partial charge in [0.25, 0.3) is 5.19 Å². The lowest BCUT2D eigenvalue weighted by atomic mass is 9.95. The Morgan fingerprint density at radius 1 is 1.36 bits per heavy atom. The summed E-state index contributed by atoms with van der Waals surface area (Å²) in [6.45, 7) is 6.13. The largest absolute Gasteiger partial charge is 0.463 e. The number of aromatic nitrogens is 2. The average molecular weight is 213 g/mol. The van der Waals surface area contributed by atoms with Gasteiger partial charge in [0.15, 0.2) is 0 Å². The van der Waals surface area contributed by atoms with Gasteiger partial charge in [-0.2, -0.15) is 0 Å². The zero-order valence-corrected chi connectivity index (χ0v) is 9.36. The maximum Gasteiger partial charge on any atom is 0.294 e. The van der Waals surface area contributed by atoms with Gasteiger partial charge in [0, 0.05) is 0 Å². The normalized spacial score (nSPS) is 20.7. The molecule has 1 aromatic rings. The summed E-state index contributed by atoms with van der Waals surface area (Å²) in [5.74, 6) is 0. The highest BCUT2D eigenvalue weighted by Gasteiger charge is 2.29. The minimum absolute atomic E-state index is 0.0583. The lowest BCUT2D eigenvalue weighted by Crippen LogP contribution is -2.43. The fraction of sp³-hybridized carbons (Fsp3) is 0.778. The molecule has 0 unspecified atom stereocenters. The minimum atomic E-state index is -0.0583. The average Bonchev–Trinajstić information content (AvgIpc) is 2.51. The van der Waals surface area contributed by atoms with Gasteiger partial charge in [-0.25, -0.2) is 0 Å². The van der Waals surface area contributed by atoms with Crippen LogP contribution in [0.4, 0.5) is 0 Å². The standard InChI is InChI=1S/C9H15N3OS/c1-7-11-12-8(14-7)13-9(2)3-5-10-6-4-9/h10H,3-6H2,1-2H3. The molecule has 0 radical (unpaired) electrons. The molecule has 2 rings (SSSR count). The van der Waals surface area contributed by atoms with E-state index in [0.717, 1.165) is 30.9 Å². The van der Waals surface area contributed by atoms with Crippen molar-refractivity contribution in [2.75, 3.05) is 13.1 Å². The van der Waals surface area contributed by atoms with Crippen molar-refractivity contribution in [1.29, 1.82) is 0 Å². The Bertz CT molecular complexity index is 307. The summed E-state index contributed by atoms with van der Waals surface area (Å²) < 4.78 is 5.87. The molecule has 78 valence electrons. The molecule has 0 spiro atoms. The molecule has 0 bridgehead atoms. The van der Waals surface area contributed by atoms with E-state index in [2.05, 4.69) is 22.4 Å².